The van der Waals surface area contributed by atoms with Crippen LogP contribution in [0.4, 0.5) is 19.7 Å². The van der Waals surface area contributed by atoms with Crippen LogP contribution in [-0.4, -0.2) is 36.1 Å². The molecule has 1 heterocycles. The molecule has 3 rings (SSSR count). The van der Waals surface area contributed by atoms with Gasteiger partial charge in [-0.1, -0.05) is 12.1 Å². The lowest BCUT2D eigenvalue weighted by Crippen LogP contribution is -2.36. The van der Waals surface area contributed by atoms with Gasteiger partial charge in [0.05, 0.1) is 18.8 Å². The van der Waals surface area contributed by atoms with Gasteiger partial charge in [-0.3, -0.25) is 4.90 Å². The number of halogens is 1. The number of hydrogen-bond acceptors (Lipinski definition) is 5. The first-order valence-corrected chi connectivity index (χ1v) is 8.28. The van der Waals surface area contributed by atoms with Crippen LogP contribution in [0.25, 0.3) is 0 Å². The van der Waals surface area contributed by atoms with Gasteiger partial charge in [-0.15, -0.1) is 0 Å². The summed E-state index contributed by atoms with van der Waals surface area (Å²) in [5.74, 6) is 0.0882. The molecule has 7 nitrogen and oxygen atoms in total. The van der Waals surface area contributed by atoms with Crippen molar-refractivity contribution in [2.45, 2.75) is 20.0 Å². The predicted molar refractivity (Wildman–Crippen MR) is 97.0 cm³/mol. The van der Waals surface area contributed by atoms with Crippen LogP contribution in [0.1, 0.15) is 16.7 Å². The molecule has 0 saturated heterocycles. The molecular formula is C19H20FN3O4. The van der Waals surface area contributed by atoms with Crippen molar-refractivity contribution in [1.29, 1.82) is 0 Å². The van der Waals surface area contributed by atoms with Gasteiger partial charge in [0, 0.05) is 31.3 Å². The SMILES string of the molecule is Cc1cc2c(cc1OC(=O)N(C)C)OC(=O)N(Cc1cccc(N)c1F)C2. The molecule has 27 heavy (non-hydrogen) atoms. The molecule has 0 saturated carbocycles. The minimum Gasteiger partial charge on any atom is -0.410 e. The van der Waals surface area contributed by atoms with Gasteiger partial charge in [0.2, 0.25) is 0 Å². The molecule has 0 fully saturated rings. The fourth-order valence-corrected chi connectivity index (χ4v) is 2.72. The highest BCUT2D eigenvalue weighted by atomic mass is 19.1. The number of rotatable bonds is 3. The van der Waals surface area contributed by atoms with E-state index in [9.17, 15) is 14.0 Å². The lowest BCUT2D eigenvalue weighted by Gasteiger charge is -2.29. The Morgan fingerprint density at radius 2 is 2.11 bits per heavy atom. The van der Waals surface area contributed by atoms with Crippen LogP contribution in [0, 0.1) is 12.7 Å². The first-order chi connectivity index (χ1) is 12.8. The zero-order valence-corrected chi connectivity index (χ0v) is 15.3. The summed E-state index contributed by atoms with van der Waals surface area (Å²) in [4.78, 5) is 26.8. The monoisotopic (exact) mass is 373 g/mol. The molecule has 142 valence electrons. The van der Waals surface area contributed by atoms with Gasteiger partial charge < -0.3 is 20.1 Å². The highest BCUT2D eigenvalue weighted by Gasteiger charge is 2.27. The topological polar surface area (TPSA) is 85.1 Å². The number of nitrogens with zero attached hydrogens (tertiary/aromatic N) is 2. The number of ether oxygens (including phenoxy) is 2. The summed E-state index contributed by atoms with van der Waals surface area (Å²) in [6, 6.07) is 7.96. The molecule has 0 unspecified atom stereocenters. The lowest BCUT2D eigenvalue weighted by molar-refractivity contribution is 0.134. The summed E-state index contributed by atoms with van der Waals surface area (Å²) in [5, 5.41) is 0. The Kier molecular flexibility index (Phi) is 4.89. The van der Waals surface area contributed by atoms with Crippen LogP contribution in [0.3, 0.4) is 0 Å². The number of carbonyl (C=O) groups excluding carboxylic acids is 2. The molecule has 0 bridgehead atoms. The van der Waals surface area contributed by atoms with E-state index in [2.05, 4.69) is 0 Å². The van der Waals surface area contributed by atoms with Crippen molar-refractivity contribution in [3.8, 4) is 11.5 Å². The largest absolute Gasteiger partial charge is 0.415 e. The molecule has 2 aromatic carbocycles. The smallest absolute Gasteiger partial charge is 0.410 e. The highest BCUT2D eigenvalue weighted by molar-refractivity contribution is 5.75. The van der Waals surface area contributed by atoms with Crippen LogP contribution >= 0.6 is 0 Å². The van der Waals surface area contributed by atoms with Crippen LogP contribution in [0.2, 0.25) is 0 Å². The number of anilines is 1. The number of carbonyl (C=O) groups is 2. The Morgan fingerprint density at radius 1 is 1.37 bits per heavy atom. The molecular weight excluding hydrogens is 353 g/mol. The molecule has 2 N–H and O–H groups in total. The van der Waals surface area contributed by atoms with Crippen molar-refractivity contribution in [2.75, 3.05) is 19.8 Å². The van der Waals surface area contributed by atoms with Gasteiger partial charge in [-0.05, 0) is 24.6 Å². The third-order valence-corrected chi connectivity index (χ3v) is 4.21. The molecule has 1 aliphatic heterocycles. The number of hydrogen-bond donors (Lipinski definition) is 1. The van der Waals surface area contributed by atoms with Crippen LogP contribution in [-0.2, 0) is 13.1 Å². The quantitative estimate of drug-likeness (QED) is 0.835. The zero-order chi connectivity index (χ0) is 19.7. The number of nitrogens with two attached hydrogens (primary N) is 1. The molecule has 8 heteroatoms. The first kappa shape index (κ1) is 18.5. The van der Waals surface area contributed by atoms with Crippen molar-refractivity contribution < 1.29 is 23.5 Å². The molecule has 2 amide bonds. The molecule has 0 atom stereocenters. The standard InChI is InChI=1S/C19H20FN3O4/c1-11-7-13-10-23(9-12-5-4-6-14(21)17(12)20)19(25)27-16(13)8-15(11)26-18(24)22(2)3/h4-8H,9-10,21H2,1-3H3. The number of benzene rings is 2. The summed E-state index contributed by atoms with van der Waals surface area (Å²) >= 11 is 0. The fraction of sp³-hybridized carbons (Fsp3) is 0.263. The molecule has 1 aliphatic rings. The second kappa shape index (κ2) is 7.14. The van der Waals surface area contributed by atoms with Gasteiger partial charge in [0.25, 0.3) is 0 Å². The Morgan fingerprint density at radius 3 is 2.81 bits per heavy atom. The summed E-state index contributed by atoms with van der Waals surface area (Å²) in [7, 11) is 3.15. The molecule has 2 aromatic rings. The van der Waals surface area contributed by atoms with Crippen molar-refractivity contribution in [3.63, 3.8) is 0 Å². The van der Waals surface area contributed by atoms with E-state index in [-0.39, 0.29) is 18.8 Å². The molecule has 0 aromatic heterocycles. The number of fused-ring (bicyclic) bond motifs is 1. The Balaban J connectivity index is 1.83. The minimum atomic E-state index is -0.613. The van der Waals surface area contributed by atoms with Gasteiger partial charge in [-0.2, -0.15) is 0 Å². The van der Waals surface area contributed by atoms with Gasteiger partial charge >= 0.3 is 12.2 Å². The van der Waals surface area contributed by atoms with Crippen LogP contribution in [0.15, 0.2) is 30.3 Å². The van der Waals surface area contributed by atoms with E-state index < -0.39 is 18.0 Å². The fourth-order valence-electron chi connectivity index (χ4n) is 2.72. The maximum atomic E-state index is 14.1. The molecule has 0 radical (unpaired) electrons. The minimum absolute atomic E-state index is 0.0291. The van der Waals surface area contributed by atoms with Gasteiger partial charge in [0.1, 0.15) is 11.5 Å². The van der Waals surface area contributed by atoms with E-state index >= 15 is 0 Å². The first-order valence-electron chi connectivity index (χ1n) is 8.28. The highest BCUT2D eigenvalue weighted by Crippen LogP contribution is 2.34. The molecule has 0 aliphatic carbocycles. The second-order valence-electron chi connectivity index (χ2n) is 6.53. The van der Waals surface area contributed by atoms with Crippen molar-refractivity contribution in [3.05, 3.63) is 52.8 Å². The average molecular weight is 373 g/mol. The van der Waals surface area contributed by atoms with E-state index in [1.165, 1.54) is 21.9 Å². The maximum Gasteiger partial charge on any atom is 0.415 e. The van der Waals surface area contributed by atoms with Crippen LogP contribution in [0.5, 0.6) is 11.5 Å². The summed E-state index contributed by atoms with van der Waals surface area (Å²) in [6.45, 7) is 2.06. The maximum absolute atomic E-state index is 14.1. The number of amides is 2. The summed E-state index contributed by atoms with van der Waals surface area (Å²) in [5.41, 5.74) is 7.37. The van der Waals surface area contributed by atoms with Crippen LogP contribution < -0.4 is 15.2 Å². The van der Waals surface area contributed by atoms with E-state index in [1.54, 1.807) is 39.2 Å². The van der Waals surface area contributed by atoms with E-state index in [4.69, 9.17) is 15.2 Å². The third kappa shape index (κ3) is 3.79. The third-order valence-electron chi connectivity index (χ3n) is 4.21. The number of nitrogen functional groups attached to an aromatic ring is 1. The summed E-state index contributed by atoms with van der Waals surface area (Å²) in [6.07, 6.45) is -1.14. The Hall–Kier alpha value is -3.29. The lowest BCUT2D eigenvalue weighted by atomic mass is 10.1. The van der Waals surface area contributed by atoms with Gasteiger partial charge in [-0.25, -0.2) is 14.0 Å². The average Bonchev–Trinajstić information content (AvgIpc) is 2.60. The Labute approximate surface area is 156 Å². The van der Waals surface area contributed by atoms with Crippen molar-refractivity contribution in [2.24, 2.45) is 0 Å². The van der Waals surface area contributed by atoms with E-state index in [1.807, 2.05) is 0 Å². The van der Waals surface area contributed by atoms with Gasteiger partial charge in [0.15, 0.2) is 5.82 Å². The number of aryl methyl sites for hydroxylation is 1. The second-order valence-corrected chi connectivity index (χ2v) is 6.53. The normalized spacial score (nSPS) is 13.0. The predicted octanol–water partition coefficient (Wildman–Crippen LogP) is 3.29. The molecule has 0 spiro atoms. The van der Waals surface area contributed by atoms with Crippen molar-refractivity contribution >= 4 is 17.9 Å². The van der Waals surface area contributed by atoms with Crippen molar-refractivity contribution in [1.82, 2.24) is 9.80 Å². The zero-order valence-electron chi connectivity index (χ0n) is 15.3. The Bertz CT molecular complexity index is 914. The van der Waals surface area contributed by atoms with E-state index in [0.29, 0.717) is 17.1 Å². The summed E-state index contributed by atoms with van der Waals surface area (Å²) < 4.78 is 24.8. The van der Waals surface area contributed by atoms with E-state index in [0.717, 1.165) is 11.1 Å².